The van der Waals surface area contributed by atoms with Crippen LogP contribution in [0.5, 0.6) is 0 Å². The maximum atomic E-state index is 4.31. The normalized spacial score (nSPS) is 16.1. The van der Waals surface area contributed by atoms with Crippen molar-refractivity contribution < 1.29 is 0 Å². The van der Waals surface area contributed by atoms with Crippen molar-refractivity contribution in [2.24, 2.45) is 10.1 Å². The zero-order valence-electron chi connectivity index (χ0n) is 9.70. The van der Waals surface area contributed by atoms with Gasteiger partial charge in [-0.3, -0.25) is 4.99 Å². The summed E-state index contributed by atoms with van der Waals surface area (Å²) >= 11 is 3.41. The molecule has 0 spiro atoms. The Morgan fingerprint density at radius 1 is 1.41 bits per heavy atom. The fourth-order valence-corrected chi connectivity index (χ4v) is 1.76. The highest BCUT2D eigenvalue weighted by Crippen LogP contribution is 2.10. The van der Waals surface area contributed by atoms with E-state index in [0.29, 0.717) is 0 Å². The van der Waals surface area contributed by atoms with Crippen molar-refractivity contribution in [1.29, 1.82) is 0 Å². The fraction of sp³-hybridized carbons (Fsp3) is 0.333. The Balaban J connectivity index is 2.01. The number of hydrogen-bond acceptors (Lipinski definition) is 4. The molecule has 0 fully saturated rings. The standard InChI is InChI=1S/C12H15BrN4/c1-9(10-3-5-11(13)6-4-10)16-17-12-14-7-2-8-15-12/h3-6H,2,7-8H2,1H3,(H2,14,15,17)/b16-9-. The average molecular weight is 295 g/mol. The minimum absolute atomic E-state index is 0.757. The minimum atomic E-state index is 0.757. The first-order valence-electron chi connectivity index (χ1n) is 5.60. The molecule has 1 aromatic rings. The van der Waals surface area contributed by atoms with E-state index in [1.165, 1.54) is 0 Å². The first-order chi connectivity index (χ1) is 8.25. The van der Waals surface area contributed by atoms with Crippen molar-refractivity contribution in [1.82, 2.24) is 10.7 Å². The van der Waals surface area contributed by atoms with Crippen molar-refractivity contribution in [3.8, 4) is 0 Å². The number of nitrogens with zero attached hydrogens (tertiary/aromatic N) is 2. The molecule has 2 rings (SSSR count). The topological polar surface area (TPSA) is 48.8 Å². The largest absolute Gasteiger partial charge is 0.355 e. The van der Waals surface area contributed by atoms with Crippen LogP contribution in [-0.2, 0) is 0 Å². The summed E-state index contributed by atoms with van der Waals surface area (Å²) in [7, 11) is 0. The lowest BCUT2D eigenvalue weighted by Crippen LogP contribution is -2.38. The molecular weight excluding hydrogens is 280 g/mol. The number of benzene rings is 1. The van der Waals surface area contributed by atoms with Gasteiger partial charge in [-0.15, -0.1) is 0 Å². The third kappa shape index (κ3) is 3.56. The van der Waals surface area contributed by atoms with E-state index in [1.807, 2.05) is 31.2 Å². The van der Waals surface area contributed by atoms with Crippen molar-refractivity contribution in [2.45, 2.75) is 13.3 Å². The lowest BCUT2D eigenvalue weighted by atomic mass is 10.1. The van der Waals surface area contributed by atoms with E-state index < -0.39 is 0 Å². The van der Waals surface area contributed by atoms with Gasteiger partial charge >= 0.3 is 0 Å². The molecule has 1 aliphatic rings. The Morgan fingerprint density at radius 3 is 2.82 bits per heavy atom. The molecule has 17 heavy (non-hydrogen) atoms. The number of halogens is 1. The number of aliphatic imine (C=N–C) groups is 1. The number of nitrogens with one attached hydrogen (secondary N) is 2. The van der Waals surface area contributed by atoms with Crippen LogP contribution in [0.2, 0.25) is 0 Å². The van der Waals surface area contributed by atoms with Gasteiger partial charge in [0.25, 0.3) is 0 Å². The Kier molecular flexibility index (Phi) is 4.14. The molecular formula is C12H15BrN4. The quantitative estimate of drug-likeness (QED) is 0.648. The Hall–Kier alpha value is -1.36. The van der Waals surface area contributed by atoms with E-state index in [2.05, 4.69) is 36.8 Å². The molecule has 5 heteroatoms. The first kappa shape index (κ1) is 12.1. The number of hydrogen-bond donors (Lipinski definition) is 2. The van der Waals surface area contributed by atoms with Gasteiger partial charge in [-0.1, -0.05) is 28.1 Å². The van der Waals surface area contributed by atoms with Crippen LogP contribution in [0.25, 0.3) is 0 Å². The van der Waals surface area contributed by atoms with Gasteiger partial charge in [-0.2, -0.15) is 5.10 Å². The van der Waals surface area contributed by atoms with Gasteiger partial charge in [0.1, 0.15) is 0 Å². The van der Waals surface area contributed by atoms with E-state index in [-0.39, 0.29) is 0 Å². The zero-order chi connectivity index (χ0) is 12.1. The van der Waals surface area contributed by atoms with Crippen LogP contribution < -0.4 is 10.7 Å². The molecule has 0 aliphatic carbocycles. The fourth-order valence-electron chi connectivity index (χ4n) is 1.50. The molecule has 0 saturated carbocycles. The predicted molar refractivity (Wildman–Crippen MR) is 74.4 cm³/mol. The zero-order valence-corrected chi connectivity index (χ0v) is 11.3. The summed E-state index contributed by atoms with van der Waals surface area (Å²) in [6.45, 7) is 3.79. The molecule has 2 N–H and O–H groups in total. The second-order valence-electron chi connectivity index (χ2n) is 3.83. The molecule has 90 valence electrons. The van der Waals surface area contributed by atoms with Crippen LogP contribution in [0.15, 0.2) is 38.8 Å². The second-order valence-corrected chi connectivity index (χ2v) is 4.74. The van der Waals surface area contributed by atoms with Gasteiger partial charge in [0, 0.05) is 17.6 Å². The molecule has 1 aromatic carbocycles. The van der Waals surface area contributed by atoms with Gasteiger partial charge in [-0.05, 0) is 31.0 Å². The number of hydrazone groups is 1. The highest BCUT2D eigenvalue weighted by atomic mass is 79.9. The Bertz CT molecular complexity index is 436. The van der Waals surface area contributed by atoms with Crippen molar-refractivity contribution in [3.05, 3.63) is 34.3 Å². The third-order valence-electron chi connectivity index (χ3n) is 2.49. The summed E-state index contributed by atoms with van der Waals surface area (Å²) in [5.41, 5.74) is 4.98. The van der Waals surface area contributed by atoms with Crippen LogP contribution in [0, 0.1) is 0 Å². The van der Waals surface area contributed by atoms with Gasteiger partial charge in [-0.25, -0.2) is 5.43 Å². The maximum absolute atomic E-state index is 4.31. The van der Waals surface area contributed by atoms with E-state index >= 15 is 0 Å². The molecule has 0 amide bonds. The molecule has 0 aromatic heterocycles. The third-order valence-corrected chi connectivity index (χ3v) is 3.02. The molecule has 1 heterocycles. The molecule has 4 nitrogen and oxygen atoms in total. The predicted octanol–water partition coefficient (Wildman–Crippen LogP) is 2.11. The number of rotatable bonds is 2. The highest BCUT2D eigenvalue weighted by Gasteiger charge is 2.02. The number of guanidine groups is 1. The smallest absolute Gasteiger partial charge is 0.212 e. The second kappa shape index (κ2) is 5.82. The van der Waals surface area contributed by atoms with Crippen LogP contribution in [-0.4, -0.2) is 24.8 Å². The molecule has 0 unspecified atom stereocenters. The summed E-state index contributed by atoms with van der Waals surface area (Å²) in [6, 6.07) is 8.07. The van der Waals surface area contributed by atoms with Crippen molar-refractivity contribution in [2.75, 3.05) is 13.1 Å². The average Bonchev–Trinajstić information content (AvgIpc) is 2.38. The minimum Gasteiger partial charge on any atom is -0.355 e. The van der Waals surface area contributed by atoms with Crippen LogP contribution in [0.3, 0.4) is 0 Å². The van der Waals surface area contributed by atoms with E-state index in [1.54, 1.807) is 0 Å². The summed E-state index contributed by atoms with van der Waals surface area (Å²) in [4.78, 5) is 4.29. The maximum Gasteiger partial charge on any atom is 0.212 e. The van der Waals surface area contributed by atoms with Gasteiger partial charge in [0.05, 0.1) is 5.71 Å². The molecule has 0 bridgehead atoms. The van der Waals surface area contributed by atoms with E-state index in [9.17, 15) is 0 Å². The molecule has 0 saturated heterocycles. The lowest BCUT2D eigenvalue weighted by Gasteiger charge is -2.13. The van der Waals surface area contributed by atoms with E-state index in [4.69, 9.17) is 0 Å². The molecule has 0 radical (unpaired) electrons. The lowest BCUT2D eigenvalue weighted by molar-refractivity contribution is 0.711. The molecule has 1 aliphatic heterocycles. The summed E-state index contributed by atoms with van der Waals surface area (Å²) < 4.78 is 1.07. The summed E-state index contributed by atoms with van der Waals surface area (Å²) in [5.74, 6) is 0.757. The Labute approximate surface area is 109 Å². The van der Waals surface area contributed by atoms with Gasteiger partial charge in [0.2, 0.25) is 5.96 Å². The van der Waals surface area contributed by atoms with Crippen LogP contribution in [0.1, 0.15) is 18.9 Å². The van der Waals surface area contributed by atoms with Crippen LogP contribution >= 0.6 is 15.9 Å². The van der Waals surface area contributed by atoms with Gasteiger partial charge < -0.3 is 5.32 Å². The van der Waals surface area contributed by atoms with Crippen LogP contribution in [0.4, 0.5) is 0 Å². The highest BCUT2D eigenvalue weighted by molar-refractivity contribution is 9.10. The van der Waals surface area contributed by atoms with Crippen molar-refractivity contribution >= 4 is 27.6 Å². The van der Waals surface area contributed by atoms with Gasteiger partial charge in [0.15, 0.2) is 0 Å². The Morgan fingerprint density at radius 2 is 2.18 bits per heavy atom. The molecule has 0 atom stereocenters. The SMILES string of the molecule is C/C(=N/NC1=NCCCN1)c1ccc(Br)cc1. The first-order valence-corrected chi connectivity index (χ1v) is 6.39. The summed E-state index contributed by atoms with van der Waals surface area (Å²) in [6.07, 6.45) is 1.08. The monoisotopic (exact) mass is 294 g/mol. The van der Waals surface area contributed by atoms with Crippen molar-refractivity contribution in [3.63, 3.8) is 0 Å². The van der Waals surface area contributed by atoms with E-state index in [0.717, 1.165) is 41.2 Å². The summed E-state index contributed by atoms with van der Waals surface area (Å²) in [5, 5.41) is 7.47.